The van der Waals surface area contributed by atoms with E-state index in [2.05, 4.69) is 5.32 Å². The number of hydrogen-bond donors (Lipinski definition) is 1. The molecule has 0 aliphatic heterocycles. The molecule has 0 fully saturated rings. The number of hydrogen-bond acceptors (Lipinski definition) is 3. The molecule has 0 heterocycles. The van der Waals surface area contributed by atoms with Gasteiger partial charge in [-0.05, 0) is 25.3 Å². The first kappa shape index (κ1) is 16.7. The molecular formula is C15H23NO3S. The maximum Gasteiger partial charge on any atom is 0.238 e. The van der Waals surface area contributed by atoms with Crippen LogP contribution in [0, 0.1) is 12.8 Å². The van der Waals surface area contributed by atoms with Gasteiger partial charge in [0.05, 0.1) is 5.75 Å². The van der Waals surface area contributed by atoms with Crippen LogP contribution in [0.5, 0.6) is 0 Å². The Kier molecular flexibility index (Phi) is 5.74. The normalized spacial score (nSPS) is 13.2. The van der Waals surface area contributed by atoms with Crippen LogP contribution in [0.1, 0.15) is 31.9 Å². The first-order chi connectivity index (χ1) is 9.22. The third-order valence-corrected chi connectivity index (χ3v) is 5.07. The second kappa shape index (κ2) is 6.88. The van der Waals surface area contributed by atoms with Gasteiger partial charge in [0.1, 0.15) is 5.25 Å². The van der Waals surface area contributed by atoms with Crippen molar-refractivity contribution in [3.63, 3.8) is 0 Å². The summed E-state index contributed by atoms with van der Waals surface area (Å²) in [6.07, 6.45) is 0. The minimum absolute atomic E-state index is 0.106. The molecule has 0 radical (unpaired) electrons. The van der Waals surface area contributed by atoms with E-state index in [1.54, 1.807) is 6.07 Å². The van der Waals surface area contributed by atoms with Gasteiger partial charge < -0.3 is 5.32 Å². The Bertz CT molecular complexity index is 564. The highest BCUT2D eigenvalue weighted by atomic mass is 32.2. The molecule has 0 spiro atoms. The van der Waals surface area contributed by atoms with Crippen molar-refractivity contribution in [3.8, 4) is 0 Å². The average Bonchev–Trinajstić information content (AvgIpc) is 2.34. The summed E-state index contributed by atoms with van der Waals surface area (Å²) in [6, 6.07) is 7.33. The summed E-state index contributed by atoms with van der Waals surface area (Å²) in [5.41, 5.74) is 1.73. The Hall–Kier alpha value is -1.36. The predicted molar refractivity (Wildman–Crippen MR) is 81.1 cm³/mol. The van der Waals surface area contributed by atoms with Crippen molar-refractivity contribution < 1.29 is 13.2 Å². The second-order valence-corrected chi connectivity index (χ2v) is 7.90. The van der Waals surface area contributed by atoms with Gasteiger partial charge in [0.2, 0.25) is 5.91 Å². The zero-order chi connectivity index (χ0) is 15.3. The van der Waals surface area contributed by atoms with Gasteiger partial charge >= 0.3 is 0 Å². The van der Waals surface area contributed by atoms with Crippen molar-refractivity contribution in [3.05, 3.63) is 35.4 Å². The van der Waals surface area contributed by atoms with Gasteiger partial charge in [-0.2, -0.15) is 0 Å². The number of carbonyl (C=O) groups is 1. The summed E-state index contributed by atoms with van der Waals surface area (Å²) in [5, 5.41) is 1.64. The van der Waals surface area contributed by atoms with E-state index >= 15 is 0 Å². The number of rotatable bonds is 6. The summed E-state index contributed by atoms with van der Waals surface area (Å²) in [6.45, 7) is 7.78. The van der Waals surface area contributed by atoms with Crippen LogP contribution in [0.25, 0.3) is 0 Å². The Morgan fingerprint density at radius 1 is 1.25 bits per heavy atom. The molecule has 0 aliphatic carbocycles. The zero-order valence-electron chi connectivity index (χ0n) is 12.5. The van der Waals surface area contributed by atoms with E-state index in [9.17, 15) is 13.2 Å². The molecule has 1 atom stereocenters. The highest BCUT2D eigenvalue weighted by Crippen LogP contribution is 2.13. The van der Waals surface area contributed by atoms with E-state index in [-0.39, 0.29) is 5.75 Å². The molecule has 112 valence electrons. The Balaban J connectivity index is 2.75. The first-order valence-corrected chi connectivity index (χ1v) is 8.48. The molecule has 1 aromatic rings. The van der Waals surface area contributed by atoms with E-state index in [1.807, 2.05) is 39.0 Å². The van der Waals surface area contributed by atoms with E-state index in [0.717, 1.165) is 5.56 Å². The SMILES string of the molecule is Cc1cccc(CS(=O)(=O)[C@H](C)C(=O)NCC(C)C)c1. The van der Waals surface area contributed by atoms with Crippen LogP contribution in [-0.2, 0) is 20.4 Å². The zero-order valence-corrected chi connectivity index (χ0v) is 13.3. The van der Waals surface area contributed by atoms with Gasteiger partial charge in [0.25, 0.3) is 0 Å². The highest BCUT2D eigenvalue weighted by Gasteiger charge is 2.28. The molecule has 1 rings (SSSR count). The summed E-state index contributed by atoms with van der Waals surface area (Å²) < 4.78 is 24.5. The first-order valence-electron chi connectivity index (χ1n) is 6.77. The maximum atomic E-state index is 12.2. The number of sulfone groups is 1. The Morgan fingerprint density at radius 3 is 2.45 bits per heavy atom. The molecular weight excluding hydrogens is 274 g/mol. The van der Waals surface area contributed by atoms with Crippen molar-refractivity contribution in [1.29, 1.82) is 0 Å². The molecule has 1 N–H and O–H groups in total. The van der Waals surface area contributed by atoms with Gasteiger partial charge in [-0.25, -0.2) is 8.42 Å². The van der Waals surface area contributed by atoms with Crippen LogP contribution in [-0.4, -0.2) is 26.1 Å². The summed E-state index contributed by atoms with van der Waals surface area (Å²) in [4.78, 5) is 11.9. The number of aryl methyl sites for hydroxylation is 1. The van der Waals surface area contributed by atoms with Crippen molar-refractivity contribution >= 4 is 15.7 Å². The Morgan fingerprint density at radius 2 is 1.90 bits per heavy atom. The smallest absolute Gasteiger partial charge is 0.238 e. The van der Waals surface area contributed by atoms with Crippen LogP contribution in [0.2, 0.25) is 0 Å². The molecule has 0 aliphatic rings. The topological polar surface area (TPSA) is 63.2 Å². The standard InChI is InChI=1S/C15H23NO3S/c1-11(2)9-16-15(17)13(4)20(18,19)10-14-7-5-6-12(3)8-14/h5-8,11,13H,9-10H2,1-4H3,(H,16,17)/t13-/m1/s1. The highest BCUT2D eigenvalue weighted by molar-refractivity contribution is 7.92. The lowest BCUT2D eigenvalue weighted by Crippen LogP contribution is -2.39. The van der Waals surface area contributed by atoms with Crippen LogP contribution >= 0.6 is 0 Å². The van der Waals surface area contributed by atoms with Gasteiger partial charge in [0, 0.05) is 6.54 Å². The fourth-order valence-corrected chi connectivity index (χ4v) is 3.07. The average molecular weight is 297 g/mol. The van der Waals surface area contributed by atoms with Gasteiger partial charge in [-0.15, -0.1) is 0 Å². The van der Waals surface area contributed by atoms with Crippen LogP contribution in [0.15, 0.2) is 24.3 Å². The second-order valence-electron chi connectivity index (χ2n) is 5.58. The molecule has 0 bridgehead atoms. The number of nitrogens with one attached hydrogen (secondary N) is 1. The molecule has 1 aromatic carbocycles. The Labute approximate surface area is 121 Å². The molecule has 4 nitrogen and oxygen atoms in total. The maximum absolute atomic E-state index is 12.2. The largest absolute Gasteiger partial charge is 0.355 e. The lowest BCUT2D eigenvalue weighted by Gasteiger charge is -2.14. The summed E-state index contributed by atoms with van der Waals surface area (Å²) >= 11 is 0. The number of benzene rings is 1. The van der Waals surface area contributed by atoms with Crippen molar-refractivity contribution in [2.75, 3.05) is 6.54 Å². The quantitative estimate of drug-likeness (QED) is 0.874. The van der Waals surface area contributed by atoms with Gasteiger partial charge in [-0.3, -0.25) is 4.79 Å². The van der Waals surface area contributed by atoms with E-state index in [0.29, 0.717) is 18.0 Å². The van der Waals surface area contributed by atoms with E-state index < -0.39 is 21.0 Å². The third-order valence-electron chi connectivity index (χ3n) is 3.04. The van der Waals surface area contributed by atoms with E-state index in [1.165, 1.54) is 6.92 Å². The van der Waals surface area contributed by atoms with E-state index in [4.69, 9.17) is 0 Å². The minimum Gasteiger partial charge on any atom is -0.355 e. The summed E-state index contributed by atoms with van der Waals surface area (Å²) in [7, 11) is -3.49. The van der Waals surface area contributed by atoms with Crippen LogP contribution in [0.3, 0.4) is 0 Å². The monoisotopic (exact) mass is 297 g/mol. The number of amides is 1. The molecule has 20 heavy (non-hydrogen) atoms. The third kappa shape index (κ3) is 4.96. The molecule has 0 saturated heterocycles. The van der Waals surface area contributed by atoms with Gasteiger partial charge in [-0.1, -0.05) is 43.7 Å². The molecule has 0 saturated carbocycles. The van der Waals surface area contributed by atoms with Crippen molar-refractivity contribution in [2.24, 2.45) is 5.92 Å². The lowest BCUT2D eigenvalue weighted by molar-refractivity contribution is -0.120. The summed E-state index contributed by atoms with van der Waals surface area (Å²) in [5.74, 6) is -0.234. The van der Waals surface area contributed by atoms with Crippen LogP contribution in [0.4, 0.5) is 0 Å². The lowest BCUT2D eigenvalue weighted by atomic mass is 10.2. The fraction of sp³-hybridized carbons (Fsp3) is 0.533. The van der Waals surface area contributed by atoms with Crippen molar-refractivity contribution in [1.82, 2.24) is 5.32 Å². The van der Waals surface area contributed by atoms with Crippen LogP contribution < -0.4 is 5.32 Å². The van der Waals surface area contributed by atoms with Crippen molar-refractivity contribution in [2.45, 2.75) is 38.7 Å². The molecule has 0 unspecified atom stereocenters. The van der Waals surface area contributed by atoms with Gasteiger partial charge in [0.15, 0.2) is 9.84 Å². The number of carbonyl (C=O) groups excluding carboxylic acids is 1. The molecule has 0 aromatic heterocycles. The molecule has 5 heteroatoms. The molecule has 1 amide bonds. The minimum atomic E-state index is -3.49. The fourth-order valence-electron chi connectivity index (χ4n) is 1.77. The predicted octanol–water partition coefficient (Wildman–Crippen LogP) is 2.07.